The van der Waals surface area contributed by atoms with Crippen molar-refractivity contribution in [2.75, 3.05) is 0 Å². The van der Waals surface area contributed by atoms with Gasteiger partial charge in [-0.2, -0.15) is 5.26 Å². The van der Waals surface area contributed by atoms with Crippen molar-refractivity contribution in [2.45, 2.75) is 13.5 Å². The van der Waals surface area contributed by atoms with Gasteiger partial charge >= 0.3 is 0 Å². The van der Waals surface area contributed by atoms with Crippen LogP contribution < -0.4 is 0 Å². The molecular formula is C18H15N3. The molecule has 0 saturated heterocycles. The molecule has 0 radical (unpaired) electrons. The van der Waals surface area contributed by atoms with Gasteiger partial charge in [0.25, 0.3) is 0 Å². The van der Waals surface area contributed by atoms with Crippen molar-refractivity contribution in [3.8, 4) is 17.5 Å². The molecule has 3 heteroatoms. The van der Waals surface area contributed by atoms with E-state index in [4.69, 9.17) is 5.26 Å². The summed E-state index contributed by atoms with van der Waals surface area (Å²) < 4.78 is 2.11. The van der Waals surface area contributed by atoms with Crippen LogP contribution in [0.4, 0.5) is 0 Å². The van der Waals surface area contributed by atoms with Gasteiger partial charge in [0.05, 0.1) is 11.6 Å². The van der Waals surface area contributed by atoms with Gasteiger partial charge in [0.15, 0.2) is 0 Å². The number of nitriles is 1. The summed E-state index contributed by atoms with van der Waals surface area (Å²) in [5, 5.41) is 8.99. The third-order valence-electron chi connectivity index (χ3n) is 3.51. The highest BCUT2D eigenvalue weighted by Crippen LogP contribution is 2.22. The Hall–Kier alpha value is -2.86. The molecule has 0 aliphatic carbocycles. The molecule has 21 heavy (non-hydrogen) atoms. The first kappa shape index (κ1) is 13.1. The lowest BCUT2D eigenvalue weighted by Crippen LogP contribution is -2.02. The Labute approximate surface area is 124 Å². The maximum atomic E-state index is 8.99. The number of rotatable bonds is 3. The lowest BCUT2D eigenvalue weighted by atomic mass is 10.1. The second-order valence-corrected chi connectivity index (χ2v) is 5.01. The maximum absolute atomic E-state index is 8.99. The van der Waals surface area contributed by atoms with E-state index in [0.29, 0.717) is 12.1 Å². The van der Waals surface area contributed by atoms with Crippen molar-refractivity contribution in [3.05, 3.63) is 77.6 Å². The van der Waals surface area contributed by atoms with Crippen LogP contribution >= 0.6 is 0 Å². The molecule has 102 valence electrons. The van der Waals surface area contributed by atoms with Gasteiger partial charge in [-0.1, -0.05) is 36.4 Å². The Bertz CT molecular complexity index is 809. The van der Waals surface area contributed by atoms with Crippen molar-refractivity contribution in [3.63, 3.8) is 0 Å². The van der Waals surface area contributed by atoms with Gasteiger partial charge in [-0.25, -0.2) is 4.98 Å². The molecule has 0 atom stereocenters. The fourth-order valence-corrected chi connectivity index (χ4v) is 2.44. The van der Waals surface area contributed by atoms with Crippen LogP contribution in [0.1, 0.15) is 16.7 Å². The standard InChI is InChI=1S/C18H15N3/c1-14-5-2-3-8-17(14)18-20-9-10-21(18)13-16-7-4-6-15(11-16)12-19/h2-11H,13H2,1H3. The average molecular weight is 273 g/mol. The summed E-state index contributed by atoms with van der Waals surface area (Å²) >= 11 is 0. The van der Waals surface area contributed by atoms with Crippen LogP contribution in [0.25, 0.3) is 11.4 Å². The Kier molecular flexibility index (Phi) is 3.53. The normalized spacial score (nSPS) is 10.3. The van der Waals surface area contributed by atoms with Gasteiger partial charge in [0.2, 0.25) is 0 Å². The lowest BCUT2D eigenvalue weighted by molar-refractivity contribution is 0.806. The molecule has 0 aliphatic heterocycles. The fraction of sp³-hybridized carbons (Fsp3) is 0.111. The summed E-state index contributed by atoms with van der Waals surface area (Å²) in [4.78, 5) is 4.48. The third kappa shape index (κ3) is 2.70. The SMILES string of the molecule is Cc1ccccc1-c1nccn1Cc1cccc(C#N)c1. The minimum absolute atomic E-state index is 0.685. The summed E-state index contributed by atoms with van der Waals surface area (Å²) in [7, 11) is 0. The molecule has 0 N–H and O–H groups in total. The highest BCUT2D eigenvalue weighted by Gasteiger charge is 2.08. The van der Waals surface area contributed by atoms with Crippen LogP contribution in [-0.4, -0.2) is 9.55 Å². The average Bonchev–Trinajstić information content (AvgIpc) is 2.96. The van der Waals surface area contributed by atoms with Gasteiger partial charge in [-0.05, 0) is 30.2 Å². The molecule has 0 fully saturated rings. The molecule has 1 heterocycles. The van der Waals surface area contributed by atoms with E-state index >= 15 is 0 Å². The summed E-state index contributed by atoms with van der Waals surface area (Å²) in [6.07, 6.45) is 3.79. The maximum Gasteiger partial charge on any atom is 0.140 e. The summed E-state index contributed by atoms with van der Waals surface area (Å²) in [6.45, 7) is 2.80. The Morgan fingerprint density at radius 3 is 2.81 bits per heavy atom. The van der Waals surface area contributed by atoms with Crippen molar-refractivity contribution in [1.82, 2.24) is 9.55 Å². The van der Waals surface area contributed by atoms with E-state index in [1.165, 1.54) is 5.56 Å². The molecule has 3 rings (SSSR count). The zero-order chi connectivity index (χ0) is 14.7. The number of hydrogen-bond acceptors (Lipinski definition) is 2. The van der Waals surface area contributed by atoms with E-state index in [2.05, 4.69) is 34.7 Å². The van der Waals surface area contributed by atoms with E-state index < -0.39 is 0 Å². The van der Waals surface area contributed by atoms with Crippen LogP contribution in [0.5, 0.6) is 0 Å². The minimum Gasteiger partial charge on any atom is -0.327 e. The van der Waals surface area contributed by atoms with E-state index in [0.717, 1.165) is 17.0 Å². The number of imidazole rings is 1. The van der Waals surface area contributed by atoms with Crippen LogP contribution in [0, 0.1) is 18.3 Å². The molecule has 3 aromatic rings. The minimum atomic E-state index is 0.685. The molecular weight excluding hydrogens is 258 g/mol. The van der Waals surface area contributed by atoms with E-state index in [1.807, 2.05) is 48.8 Å². The second-order valence-electron chi connectivity index (χ2n) is 5.01. The number of aryl methyl sites for hydroxylation is 1. The van der Waals surface area contributed by atoms with Crippen LogP contribution in [0.2, 0.25) is 0 Å². The zero-order valence-corrected chi connectivity index (χ0v) is 11.8. The second kappa shape index (κ2) is 5.64. The van der Waals surface area contributed by atoms with Crippen LogP contribution in [0.15, 0.2) is 60.9 Å². The molecule has 1 aromatic heterocycles. The first-order chi connectivity index (χ1) is 10.3. The van der Waals surface area contributed by atoms with Gasteiger partial charge in [0.1, 0.15) is 5.82 Å². The Morgan fingerprint density at radius 2 is 2.00 bits per heavy atom. The molecule has 0 amide bonds. The van der Waals surface area contributed by atoms with E-state index in [-0.39, 0.29) is 0 Å². The summed E-state index contributed by atoms with van der Waals surface area (Å²) in [5.74, 6) is 0.954. The monoisotopic (exact) mass is 273 g/mol. The zero-order valence-electron chi connectivity index (χ0n) is 11.8. The topological polar surface area (TPSA) is 41.6 Å². The summed E-state index contributed by atoms with van der Waals surface area (Å²) in [6, 6.07) is 18.1. The molecule has 0 saturated carbocycles. The number of hydrogen-bond donors (Lipinski definition) is 0. The van der Waals surface area contributed by atoms with Crippen molar-refractivity contribution < 1.29 is 0 Å². The van der Waals surface area contributed by atoms with E-state index in [1.54, 1.807) is 0 Å². The van der Waals surface area contributed by atoms with Gasteiger partial charge < -0.3 is 4.57 Å². The Balaban J connectivity index is 1.97. The largest absolute Gasteiger partial charge is 0.327 e. The quantitative estimate of drug-likeness (QED) is 0.728. The predicted molar refractivity (Wildman–Crippen MR) is 82.7 cm³/mol. The van der Waals surface area contributed by atoms with Gasteiger partial charge in [-0.15, -0.1) is 0 Å². The van der Waals surface area contributed by atoms with E-state index in [9.17, 15) is 0 Å². The number of aromatic nitrogens is 2. The first-order valence-electron chi connectivity index (χ1n) is 6.84. The highest BCUT2D eigenvalue weighted by molar-refractivity contribution is 5.60. The molecule has 0 aliphatic rings. The predicted octanol–water partition coefficient (Wildman–Crippen LogP) is 3.78. The first-order valence-corrected chi connectivity index (χ1v) is 6.84. The molecule has 2 aromatic carbocycles. The number of nitrogens with zero attached hydrogens (tertiary/aromatic N) is 3. The van der Waals surface area contributed by atoms with Gasteiger partial charge in [-0.3, -0.25) is 0 Å². The number of benzene rings is 2. The fourth-order valence-electron chi connectivity index (χ4n) is 2.44. The molecule has 0 spiro atoms. The lowest BCUT2D eigenvalue weighted by Gasteiger charge is -2.10. The third-order valence-corrected chi connectivity index (χ3v) is 3.51. The Morgan fingerprint density at radius 1 is 1.14 bits per heavy atom. The van der Waals surface area contributed by atoms with Crippen LogP contribution in [0.3, 0.4) is 0 Å². The molecule has 0 bridgehead atoms. The van der Waals surface area contributed by atoms with Crippen molar-refractivity contribution >= 4 is 0 Å². The summed E-state index contributed by atoms with van der Waals surface area (Å²) in [5.41, 5.74) is 4.13. The smallest absolute Gasteiger partial charge is 0.140 e. The van der Waals surface area contributed by atoms with Crippen molar-refractivity contribution in [1.29, 1.82) is 5.26 Å². The highest BCUT2D eigenvalue weighted by atomic mass is 15.1. The van der Waals surface area contributed by atoms with Crippen LogP contribution in [-0.2, 0) is 6.54 Å². The van der Waals surface area contributed by atoms with Gasteiger partial charge in [0, 0.05) is 24.5 Å². The molecule has 3 nitrogen and oxygen atoms in total. The van der Waals surface area contributed by atoms with Crippen molar-refractivity contribution in [2.24, 2.45) is 0 Å². The molecule has 0 unspecified atom stereocenters.